The van der Waals surface area contributed by atoms with Gasteiger partial charge in [0.15, 0.2) is 6.79 Å². The topological polar surface area (TPSA) is 101 Å². The highest BCUT2D eigenvalue weighted by atomic mass is 31.2. The Bertz CT molecular complexity index is 292. The lowest BCUT2D eigenvalue weighted by atomic mass is 10.2. The van der Waals surface area contributed by atoms with Crippen LogP contribution >= 0.6 is 15.6 Å². The molecular weight excluding hydrogens is 250 g/mol. The van der Waals surface area contributed by atoms with Crippen molar-refractivity contribution in [3.63, 3.8) is 0 Å². The first-order valence-electron chi connectivity index (χ1n) is 4.15. The van der Waals surface area contributed by atoms with Gasteiger partial charge in [0.1, 0.15) is 0 Å². The highest BCUT2D eigenvalue weighted by Crippen LogP contribution is 2.56. The summed E-state index contributed by atoms with van der Waals surface area (Å²) in [5.41, 5.74) is 0. The van der Waals surface area contributed by atoms with Crippen molar-refractivity contribution in [1.29, 1.82) is 0 Å². The van der Waals surface area contributed by atoms with Gasteiger partial charge in [-0.3, -0.25) is 22.6 Å². The lowest BCUT2D eigenvalue weighted by molar-refractivity contribution is -0.0308. The Balaban J connectivity index is 0.000000124. The summed E-state index contributed by atoms with van der Waals surface area (Å²) in [5.74, 6) is 0.292. The quantitative estimate of drug-likeness (QED) is 0.640. The van der Waals surface area contributed by atoms with Gasteiger partial charge in [-0.25, -0.2) is 9.13 Å². The number of hydrogen-bond donors (Lipinski definition) is 1. The molecule has 0 aromatic heterocycles. The van der Waals surface area contributed by atoms with Crippen LogP contribution in [0.4, 0.5) is 0 Å². The summed E-state index contributed by atoms with van der Waals surface area (Å²) in [6, 6.07) is 0. The van der Waals surface area contributed by atoms with E-state index in [1.807, 2.05) is 0 Å². The molecule has 2 bridgehead atoms. The molecule has 0 spiro atoms. The molecule has 4 saturated heterocycles. The maximum Gasteiger partial charge on any atom is 0.476 e. The predicted molar refractivity (Wildman–Crippen MR) is 45.8 cm³/mol. The minimum absolute atomic E-state index is 0.0478. The number of phosphoric acid groups is 2. The lowest BCUT2D eigenvalue weighted by Crippen LogP contribution is -2.31. The average Bonchev–Trinajstić information content (AvgIpc) is 2.18. The first kappa shape index (κ1) is 11.7. The van der Waals surface area contributed by atoms with Gasteiger partial charge in [-0.2, -0.15) is 0 Å². The molecule has 0 aromatic rings. The molecule has 4 aliphatic heterocycles. The third-order valence-electron chi connectivity index (χ3n) is 1.84. The Morgan fingerprint density at radius 2 is 1.33 bits per heavy atom. The van der Waals surface area contributed by atoms with Crippen LogP contribution in [0.1, 0.15) is 0 Å². The number of hydrogen-bond acceptors (Lipinski definition) is 7. The van der Waals surface area contributed by atoms with Crippen molar-refractivity contribution >= 4 is 15.6 Å². The summed E-state index contributed by atoms with van der Waals surface area (Å²) >= 11 is 0. The molecule has 0 atom stereocenters. The molecule has 4 rings (SSSR count). The maximum atomic E-state index is 11.0. The van der Waals surface area contributed by atoms with Gasteiger partial charge < -0.3 is 4.89 Å². The van der Waals surface area contributed by atoms with Gasteiger partial charge in [0.2, 0.25) is 0 Å². The fourth-order valence-electron chi connectivity index (χ4n) is 0.989. The second-order valence-corrected chi connectivity index (χ2v) is 6.17. The van der Waals surface area contributed by atoms with E-state index >= 15 is 0 Å². The molecule has 0 unspecified atom stereocenters. The van der Waals surface area contributed by atoms with Gasteiger partial charge in [0, 0.05) is 5.92 Å². The molecule has 0 aliphatic carbocycles. The summed E-state index contributed by atoms with van der Waals surface area (Å²) in [6.07, 6.45) is 0. The Morgan fingerprint density at radius 3 is 1.47 bits per heavy atom. The minimum atomic E-state index is -3.47. The standard InChI is InChI=1S/C4H7O4P.CH3O4P/c5-9-6-1-4(2-7-9)3-8-9;2-6(3)4-1-5-6/h4H,1-3H2;1H2,(H,2,3). The first-order chi connectivity index (χ1) is 6.99. The van der Waals surface area contributed by atoms with Crippen molar-refractivity contribution in [2.24, 2.45) is 5.92 Å². The average molecular weight is 260 g/mol. The summed E-state index contributed by atoms with van der Waals surface area (Å²) in [6.45, 7) is 1.53. The Morgan fingerprint density at radius 1 is 0.933 bits per heavy atom. The number of rotatable bonds is 0. The van der Waals surface area contributed by atoms with Crippen LogP contribution in [0.2, 0.25) is 0 Å². The van der Waals surface area contributed by atoms with Crippen molar-refractivity contribution < 1.29 is 36.6 Å². The van der Waals surface area contributed by atoms with Crippen LogP contribution in [0.15, 0.2) is 0 Å². The normalized spacial score (nSPS) is 41.3. The smallest absolute Gasteiger partial charge is 0.302 e. The summed E-state index contributed by atoms with van der Waals surface area (Å²) < 4.78 is 43.1. The highest BCUT2D eigenvalue weighted by Gasteiger charge is 2.40. The largest absolute Gasteiger partial charge is 0.476 e. The highest BCUT2D eigenvalue weighted by molar-refractivity contribution is 7.48. The van der Waals surface area contributed by atoms with Gasteiger partial charge in [-0.15, -0.1) is 0 Å². The fourth-order valence-corrected chi connectivity index (χ4v) is 2.68. The Hall–Kier alpha value is 0.220. The number of fused-ring (bicyclic) bond motifs is 3. The van der Waals surface area contributed by atoms with E-state index in [0.29, 0.717) is 25.7 Å². The third-order valence-corrected chi connectivity index (χ3v) is 4.10. The second-order valence-electron chi connectivity index (χ2n) is 3.05. The van der Waals surface area contributed by atoms with Gasteiger partial charge in [0.25, 0.3) is 0 Å². The molecule has 0 radical (unpaired) electrons. The van der Waals surface area contributed by atoms with E-state index in [0.717, 1.165) is 0 Å². The van der Waals surface area contributed by atoms with Gasteiger partial charge in [0.05, 0.1) is 19.8 Å². The Kier molecular flexibility index (Phi) is 3.30. The molecule has 10 heteroatoms. The van der Waals surface area contributed by atoms with Crippen molar-refractivity contribution in [2.75, 3.05) is 26.6 Å². The molecule has 4 fully saturated rings. The Labute approximate surface area is 85.6 Å². The van der Waals surface area contributed by atoms with Gasteiger partial charge >= 0.3 is 15.6 Å². The second kappa shape index (κ2) is 4.24. The van der Waals surface area contributed by atoms with Crippen LogP contribution < -0.4 is 0 Å². The van der Waals surface area contributed by atoms with Crippen molar-refractivity contribution in [3.8, 4) is 0 Å². The first-order valence-corrected chi connectivity index (χ1v) is 7.10. The van der Waals surface area contributed by atoms with Crippen LogP contribution in [-0.2, 0) is 31.7 Å². The van der Waals surface area contributed by atoms with Gasteiger partial charge in [-0.05, 0) is 0 Å². The molecule has 88 valence electrons. The van der Waals surface area contributed by atoms with Crippen molar-refractivity contribution in [1.82, 2.24) is 0 Å². The molecule has 0 aromatic carbocycles. The fraction of sp³-hybridized carbons (Fsp3) is 1.00. The third kappa shape index (κ3) is 3.09. The summed E-state index contributed by atoms with van der Waals surface area (Å²) in [5, 5.41) is 0. The SMILES string of the molecule is O=P1(O)OCO1.O=P12OCC(CO1)CO2. The van der Waals surface area contributed by atoms with Crippen LogP contribution in [0, 0.1) is 5.92 Å². The number of phosphoric ester groups is 2. The van der Waals surface area contributed by atoms with E-state index in [9.17, 15) is 9.13 Å². The zero-order chi connectivity index (χ0) is 10.9. The van der Waals surface area contributed by atoms with Crippen LogP contribution in [0.5, 0.6) is 0 Å². The van der Waals surface area contributed by atoms with Crippen LogP contribution in [-0.4, -0.2) is 31.5 Å². The van der Waals surface area contributed by atoms with Crippen molar-refractivity contribution in [3.05, 3.63) is 0 Å². The van der Waals surface area contributed by atoms with E-state index in [1.54, 1.807) is 0 Å². The molecule has 1 N–H and O–H groups in total. The molecular formula is C5H10O8P2. The van der Waals surface area contributed by atoms with Crippen molar-refractivity contribution in [2.45, 2.75) is 0 Å². The molecule has 8 nitrogen and oxygen atoms in total. The van der Waals surface area contributed by atoms with E-state index in [2.05, 4.69) is 9.05 Å². The summed E-state index contributed by atoms with van der Waals surface area (Å²) in [4.78, 5) is 8.02. The molecule has 4 heterocycles. The van der Waals surface area contributed by atoms with Crippen LogP contribution in [0.3, 0.4) is 0 Å². The molecule has 4 aliphatic rings. The maximum absolute atomic E-state index is 11.0. The zero-order valence-electron chi connectivity index (χ0n) is 7.61. The molecule has 0 saturated carbocycles. The van der Waals surface area contributed by atoms with E-state index in [4.69, 9.17) is 18.5 Å². The predicted octanol–water partition coefficient (Wildman–Crippen LogP) is 0.879. The monoisotopic (exact) mass is 260 g/mol. The zero-order valence-corrected chi connectivity index (χ0v) is 9.39. The van der Waals surface area contributed by atoms with Gasteiger partial charge in [-0.1, -0.05) is 0 Å². The summed E-state index contributed by atoms with van der Waals surface area (Å²) in [7, 11) is -6.49. The lowest BCUT2D eigenvalue weighted by Gasteiger charge is -2.33. The molecule has 0 amide bonds. The van der Waals surface area contributed by atoms with E-state index in [1.165, 1.54) is 0 Å². The van der Waals surface area contributed by atoms with Crippen LogP contribution in [0.25, 0.3) is 0 Å². The molecule has 15 heavy (non-hydrogen) atoms. The van der Waals surface area contributed by atoms with E-state index in [-0.39, 0.29) is 6.79 Å². The minimum Gasteiger partial charge on any atom is -0.302 e. The van der Waals surface area contributed by atoms with E-state index < -0.39 is 15.6 Å².